The first-order valence-electron chi connectivity index (χ1n) is 4.32. The number of hydrogen-bond acceptors (Lipinski definition) is 5. The van der Waals surface area contributed by atoms with E-state index in [4.69, 9.17) is 0 Å². The third kappa shape index (κ3) is 2.19. The molecule has 1 fully saturated rings. The lowest BCUT2D eigenvalue weighted by Crippen LogP contribution is -2.29. The van der Waals surface area contributed by atoms with Gasteiger partial charge in [-0.15, -0.1) is 0 Å². The number of aromatic nitrogens is 2. The van der Waals surface area contributed by atoms with Gasteiger partial charge in [0.25, 0.3) is 0 Å². The van der Waals surface area contributed by atoms with E-state index in [-0.39, 0.29) is 23.8 Å². The van der Waals surface area contributed by atoms with E-state index in [1.54, 1.807) is 0 Å². The fourth-order valence-electron chi connectivity index (χ4n) is 1.56. The van der Waals surface area contributed by atoms with Crippen LogP contribution < -0.4 is 0 Å². The Kier molecular flexibility index (Phi) is 2.56. The number of halogens is 1. The SMILES string of the molecule is O=S1(=O)CCC(O)(c2ncc(Br)cn2)C1. The quantitative estimate of drug-likeness (QED) is 0.802. The molecule has 0 radical (unpaired) electrons. The van der Waals surface area contributed by atoms with Crippen molar-refractivity contribution in [1.82, 2.24) is 9.97 Å². The van der Waals surface area contributed by atoms with Crippen molar-refractivity contribution in [1.29, 1.82) is 0 Å². The van der Waals surface area contributed by atoms with E-state index >= 15 is 0 Å². The second kappa shape index (κ2) is 3.50. The molecule has 0 aromatic carbocycles. The first-order chi connectivity index (χ1) is 6.91. The van der Waals surface area contributed by atoms with Crippen LogP contribution in [0.1, 0.15) is 12.2 Å². The molecule has 1 aromatic rings. The molecular weight excluding hydrogens is 284 g/mol. The van der Waals surface area contributed by atoms with Crippen LogP contribution in [0.15, 0.2) is 16.9 Å². The summed E-state index contributed by atoms with van der Waals surface area (Å²) in [7, 11) is -3.15. The lowest BCUT2D eigenvalue weighted by atomic mass is 10.0. The zero-order valence-corrected chi connectivity index (χ0v) is 10.1. The van der Waals surface area contributed by atoms with Crippen molar-refractivity contribution < 1.29 is 13.5 Å². The van der Waals surface area contributed by atoms with Crippen molar-refractivity contribution in [2.24, 2.45) is 0 Å². The van der Waals surface area contributed by atoms with Crippen LogP contribution in [0.5, 0.6) is 0 Å². The van der Waals surface area contributed by atoms with Gasteiger partial charge in [0.15, 0.2) is 15.7 Å². The molecule has 1 atom stereocenters. The van der Waals surface area contributed by atoms with Crippen molar-refractivity contribution >= 4 is 25.8 Å². The summed E-state index contributed by atoms with van der Waals surface area (Å²) in [5.74, 6) is -0.128. The maximum Gasteiger partial charge on any atom is 0.161 e. The van der Waals surface area contributed by atoms with Crippen LogP contribution in [-0.4, -0.2) is 35.0 Å². The average Bonchev–Trinajstić information content (AvgIpc) is 2.43. The van der Waals surface area contributed by atoms with Crippen molar-refractivity contribution in [2.45, 2.75) is 12.0 Å². The normalized spacial score (nSPS) is 29.2. The van der Waals surface area contributed by atoms with Crippen molar-refractivity contribution in [3.8, 4) is 0 Å². The van der Waals surface area contributed by atoms with Crippen molar-refractivity contribution in [3.05, 3.63) is 22.7 Å². The minimum atomic E-state index is -3.15. The third-order valence-electron chi connectivity index (χ3n) is 2.32. The Morgan fingerprint density at radius 1 is 1.40 bits per heavy atom. The van der Waals surface area contributed by atoms with E-state index < -0.39 is 15.4 Å². The van der Waals surface area contributed by atoms with Gasteiger partial charge in [0.2, 0.25) is 0 Å². The predicted molar refractivity (Wildman–Crippen MR) is 56.9 cm³/mol. The lowest BCUT2D eigenvalue weighted by Gasteiger charge is -2.17. The summed E-state index contributed by atoms with van der Waals surface area (Å²) >= 11 is 3.17. The highest BCUT2D eigenvalue weighted by atomic mass is 79.9. The summed E-state index contributed by atoms with van der Waals surface area (Å²) in [4.78, 5) is 7.85. The smallest absolute Gasteiger partial charge is 0.161 e. The van der Waals surface area contributed by atoms with E-state index in [0.717, 1.165) is 0 Å². The molecule has 1 aliphatic heterocycles. The Hall–Kier alpha value is -0.530. The summed E-state index contributed by atoms with van der Waals surface area (Å²) in [6.07, 6.45) is 3.15. The second-order valence-corrected chi connectivity index (χ2v) is 6.70. The van der Waals surface area contributed by atoms with Gasteiger partial charge >= 0.3 is 0 Å². The molecule has 1 aromatic heterocycles. The Balaban J connectivity index is 2.35. The highest BCUT2D eigenvalue weighted by Gasteiger charge is 2.44. The maximum atomic E-state index is 11.3. The molecule has 0 bridgehead atoms. The molecule has 0 amide bonds. The molecule has 15 heavy (non-hydrogen) atoms. The van der Waals surface area contributed by atoms with Gasteiger partial charge in [-0.2, -0.15) is 0 Å². The molecule has 5 nitrogen and oxygen atoms in total. The van der Waals surface area contributed by atoms with E-state index in [1.807, 2.05) is 0 Å². The topological polar surface area (TPSA) is 80.2 Å². The van der Waals surface area contributed by atoms with Crippen LogP contribution in [0, 0.1) is 0 Å². The number of sulfone groups is 1. The van der Waals surface area contributed by atoms with Gasteiger partial charge in [-0.25, -0.2) is 18.4 Å². The van der Waals surface area contributed by atoms with Gasteiger partial charge in [-0.05, 0) is 22.4 Å². The molecule has 7 heteroatoms. The predicted octanol–water partition coefficient (Wildman–Crippen LogP) is 0.245. The van der Waals surface area contributed by atoms with Gasteiger partial charge in [-0.3, -0.25) is 0 Å². The van der Waals surface area contributed by atoms with Crippen LogP contribution in [-0.2, 0) is 15.4 Å². The van der Waals surface area contributed by atoms with Crippen LogP contribution in [0.4, 0.5) is 0 Å². The summed E-state index contributed by atoms with van der Waals surface area (Å²) in [6.45, 7) is 0. The van der Waals surface area contributed by atoms with E-state index in [2.05, 4.69) is 25.9 Å². The summed E-state index contributed by atoms with van der Waals surface area (Å²) in [6, 6.07) is 0. The standard InChI is InChI=1S/C8H9BrN2O3S/c9-6-3-10-7(11-4-6)8(12)1-2-15(13,14)5-8/h3-4,12H,1-2,5H2. The Morgan fingerprint density at radius 2 is 2.00 bits per heavy atom. The Morgan fingerprint density at radius 3 is 2.47 bits per heavy atom. The van der Waals surface area contributed by atoms with Crippen LogP contribution >= 0.6 is 15.9 Å². The minimum absolute atomic E-state index is 0.0110. The monoisotopic (exact) mass is 292 g/mol. The van der Waals surface area contributed by atoms with E-state index in [0.29, 0.717) is 4.47 Å². The van der Waals surface area contributed by atoms with Gasteiger partial charge in [0, 0.05) is 12.4 Å². The summed E-state index contributed by atoms with van der Waals surface area (Å²) in [5, 5.41) is 10.1. The molecule has 0 spiro atoms. The Labute approximate surface area is 95.6 Å². The zero-order chi connectivity index (χ0) is 11.1. The lowest BCUT2D eigenvalue weighted by molar-refractivity contribution is 0.0556. The first kappa shape index (κ1) is 11.0. The van der Waals surface area contributed by atoms with Gasteiger partial charge < -0.3 is 5.11 Å². The fourth-order valence-corrected chi connectivity index (χ4v) is 3.56. The summed E-state index contributed by atoms with van der Waals surface area (Å²) in [5.41, 5.74) is -1.42. The highest BCUT2D eigenvalue weighted by Crippen LogP contribution is 2.31. The first-order valence-corrected chi connectivity index (χ1v) is 6.94. The second-order valence-electron chi connectivity index (χ2n) is 3.60. The minimum Gasteiger partial charge on any atom is -0.381 e. The number of aliphatic hydroxyl groups is 1. The largest absolute Gasteiger partial charge is 0.381 e. The summed E-state index contributed by atoms with van der Waals surface area (Å²) < 4.78 is 23.2. The van der Waals surface area contributed by atoms with Crippen LogP contribution in [0.2, 0.25) is 0 Å². The molecule has 2 heterocycles. The third-order valence-corrected chi connectivity index (χ3v) is 4.47. The molecular formula is C8H9BrN2O3S. The van der Waals surface area contributed by atoms with Gasteiger partial charge in [0.05, 0.1) is 16.0 Å². The van der Waals surface area contributed by atoms with Crippen LogP contribution in [0.3, 0.4) is 0 Å². The fraction of sp³-hybridized carbons (Fsp3) is 0.500. The molecule has 1 unspecified atom stereocenters. The highest BCUT2D eigenvalue weighted by molar-refractivity contribution is 9.10. The maximum absolute atomic E-state index is 11.3. The molecule has 1 saturated heterocycles. The number of hydrogen-bond donors (Lipinski definition) is 1. The molecule has 2 rings (SSSR count). The Bertz CT molecular complexity index is 473. The van der Waals surface area contributed by atoms with Crippen LogP contribution in [0.25, 0.3) is 0 Å². The number of rotatable bonds is 1. The molecule has 82 valence electrons. The van der Waals surface area contributed by atoms with Gasteiger partial charge in [0.1, 0.15) is 5.60 Å². The van der Waals surface area contributed by atoms with E-state index in [9.17, 15) is 13.5 Å². The average molecular weight is 293 g/mol. The molecule has 0 aliphatic carbocycles. The van der Waals surface area contributed by atoms with E-state index in [1.165, 1.54) is 12.4 Å². The van der Waals surface area contributed by atoms with Gasteiger partial charge in [-0.1, -0.05) is 0 Å². The molecule has 0 saturated carbocycles. The van der Waals surface area contributed by atoms with Crippen molar-refractivity contribution in [2.75, 3.05) is 11.5 Å². The molecule has 1 aliphatic rings. The van der Waals surface area contributed by atoms with Crippen molar-refractivity contribution in [3.63, 3.8) is 0 Å². The number of nitrogens with zero attached hydrogens (tertiary/aromatic N) is 2. The zero-order valence-electron chi connectivity index (χ0n) is 7.72. The molecule has 1 N–H and O–H groups in total.